The molecule has 37 heavy (non-hydrogen) atoms. The molecule has 4 rings (SSSR count). The molecule has 1 atom stereocenters. The van der Waals surface area contributed by atoms with Crippen LogP contribution in [-0.4, -0.2) is 30.3 Å². The van der Waals surface area contributed by atoms with Crippen molar-refractivity contribution in [3.63, 3.8) is 0 Å². The molecule has 1 N–H and O–H groups in total. The molecule has 1 fully saturated rings. The minimum Gasteiger partial charge on any atom is -0.287 e. The van der Waals surface area contributed by atoms with Crippen molar-refractivity contribution in [2.45, 2.75) is 56.8 Å². The van der Waals surface area contributed by atoms with Crippen molar-refractivity contribution in [1.29, 1.82) is 0 Å². The van der Waals surface area contributed by atoms with E-state index in [1.807, 2.05) is 0 Å². The van der Waals surface area contributed by atoms with Crippen molar-refractivity contribution >= 4 is 26.8 Å². The van der Waals surface area contributed by atoms with Gasteiger partial charge in [-0.1, -0.05) is 50.6 Å². The van der Waals surface area contributed by atoms with Crippen LogP contribution in [0.15, 0.2) is 48.7 Å². The smallest absolute Gasteiger partial charge is 0.287 e. The number of nitrogens with zero attached hydrogens (tertiary/aromatic N) is 1. The highest BCUT2D eigenvalue weighted by Crippen LogP contribution is 2.42. The van der Waals surface area contributed by atoms with Crippen molar-refractivity contribution in [3.05, 3.63) is 59.8 Å². The summed E-state index contributed by atoms with van der Waals surface area (Å²) in [5, 5.41) is -1.03. The Balaban J connectivity index is 1.93. The van der Waals surface area contributed by atoms with Crippen molar-refractivity contribution in [2.24, 2.45) is 5.92 Å². The van der Waals surface area contributed by atoms with Crippen molar-refractivity contribution in [1.82, 2.24) is 9.29 Å². The summed E-state index contributed by atoms with van der Waals surface area (Å²) in [7, 11) is -4.31. The maximum absolute atomic E-state index is 14.2. The van der Waals surface area contributed by atoms with E-state index in [1.165, 1.54) is 50.2 Å². The minimum absolute atomic E-state index is 0.0430. The van der Waals surface area contributed by atoms with Gasteiger partial charge in [0.15, 0.2) is 0 Å². The molecule has 3 aromatic rings. The Morgan fingerprint density at radius 1 is 1.03 bits per heavy atom. The van der Waals surface area contributed by atoms with Crippen LogP contribution in [0.5, 0.6) is 0 Å². The zero-order valence-electron chi connectivity index (χ0n) is 19.8. The normalized spacial score (nSPS) is 16.2. The largest absolute Gasteiger partial charge is 0.417 e. The van der Waals surface area contributed by atoms with E-state index in [0.717, 1.165) is 16.8 Å². The number of alkyl halides is 6. The number of fused-ring (bicyclic) bond motifs is 1. The van der Waals surface area contributed by atoms with Crippen LogP contribution in [0.2, 0.25) is 0 Å². The average molecular weight is 547 g/mol. The number of carbonyl (C=O) groups excluding carboxylic acids is 1. The Kier molecular flexibility index (Phi) is 6.95. The van der Waals surface area contributed by atoms with E-state index in [4.69, 9.17) is 0 Å². The molecule has 5 nitrogen and oxygen atoms in total. The summed E-state index contributed by atoms with van der Waals surface area (Å²) in [6.07, 6.45) is -7.72. The summed E-state index contributed by atoms with van der Waals surface area (Å²) < 4.78 is 111. The third-order valence-electron chi connectivity index (χ3n) is 6.52. The number of sulfonamides is 1. The number of halogens is 6. The molecule has 0 saturated heterocycles. The lowest BCUT2D eigenvalue weighted by Gasteiger charge is -2.29. The highest BCUT2D eigenvalue weighted by atomic mass is 32.2. The molecule has 12 heteroatoms. The molecule has 0 spiro atoms. The summed E-state index contributed by atoms with van der Waals surface area (Å²) in [5.74, 6) is -1.26. The van der Waals surface area contributed by atoms with Crippen LogP contribution in [0, 0.1) is 5.92 Å². The molecular weight excluding hydrogens is 522 g/mol. The summed E-state index contributed by atoms with van der Waals surface area (Å²) in [4.78, 5) is 12.9. The minimum atomic E-state index is -5.04. The highest BCUT2D eigenvalue weighted by molar-refractivity contribution is 7.90. The molecule has 1 saturated carbocycles. The fraction of sp³-hybridized carbons (Fsp3) is 0.400. The lowest BCUT2D eigenvalue weighted by molar-refractivity contribution is -0.152. The van der Waals surface area contributed by atoms with Gasteiger partial charge in [-0.15, -0.1) is 0 Å². The fourth-order valence-corrected chi connectivity index (χ4v) is 6.08. The first-order valence-corrected chi connectivity index (χ1v) is 13.1. The lowest BCUT2D eigenvalue weighted by atomic mass is 9.97. The predicted molar refractivity (Wildman–Crippen MR) is 126 cm³/mol. The van der Waals surface area contributed by atoms with Gasteiger partial charge in [-0.25, -0.2) is 8.42 Å². The van der Waals surface area contributed by atoms with E-state index >= 15 is 0 Å². The van der Waals surface area contributed by atoms with Crippen LogP contribution in [0.25, 0.3) is 22.0 Å². The van der Waals surface area contributed by atoms with Gasteiger partial charge >= 0.3 is 12.4 Å². The fourth-order valence-electron chi connectivity index (χ4n) is 4.34. The van der Waals surface area contributed by atoms with Crippen LogP contribution in [-0.2, 0) is 16.2 Å². The number of hydrogen-bond donors (Lipinski definition) is 1. The SMILES string of the molecule is CC(C)C(=O)n1cc([C@H](NS(=O)(=O)C2CCC2)C(F)(F)F)c2ccc(-c3ccccc3C(F)(F)F)cc21. The Bertz CT molecular complexity index is 1440. The molecule has 200 valence electrons. The summed E-state index contributed by atoms with van der Waals surface area (Å²) in [5.41, 5.74) is -1.66. The first-order chi connectivity index (χ1) is 17.1. The second-order valence-corrected chi connectivity index (χ2v) is 11.4. The molecule has 0 radical (unpaired) electrons. The van der Waals surface area contributed by atoms with Crippen LogP contribution < -0.4 is 4.72 Å². The van der Waals surface area contributed by atoms with Crippen LogP contribution in [0.3, 0.4) is 0 Å². The average Bonchev–Trinajstić information content (AvgIpc) is 3.12. The quantitative estimate of drug-likeness (QED) is 0.350. The van der Waals surface area contributed by atoms with Gasteiger partial charge in [0.1, 0.15) is 6.04 Å². The Morgan fingerprint density at radius 3 is 2.22 bits per heavy atom. The molecule has 1 aliphatic rings. The van der Waals surface area contributed by atoms with E-state index in [9.17, 15) is 39.6 Å². The first kappa shape index (κ1) is 27.2. The molecule has 1 heterocycles. The third-order valence-corrected chi connectivity index (χ3v) is 8.44. The molecule has 2 aromatic carbocycles. The van der Waals surface area contributed by atoms with Gasteiger partial charge in [-0.2, -0.15) is 31.1 Å². The second kappa shape index (κ2) is 9.46. The number of benzene rings is 2. The van der Waals surface area contributed by atoms with E-state index in [-0.39, 0.29) is 34.9 Å². The Morgan fingerprint density at radius 2 is 1.68 bits per heavy atom. The summed E-state index contributed by atoms with van der Waals surface area (Å²) in [6, 6.07) is 5.73. The van der Waals surface area contributed by atoms with E-state index in [0.29, 0.717) is 6.42 Å². The van der Waals surface area contributed by atoms with Crippen molar-refractivity contribution < 1.29 is 39.6 Å². The molecule has 1 aromatic heterocycles. The van der Waals surface area contributed by atoms with Crippen LogP contribution >= 0.6 is 0 Å². The predicted octanol–water partition coefficient (Wildman–Crippen LogP) is 6.70. The Hall–Kier alpha value is -2.86. The molecule has 0 bridgehead atoms. The van der Waals surface area contributed by atoms with Gasteiger partial charge in [-0.3, -0.25) is 9.36 Å². The first-order valence-electron chi connectivity index (χ1n) is 11.5. The van der Waals surface area contributed by atoms with E-state index in [2.05, 4.69) is 0 Å². The molecular formula is C25H24F6N2O3S. The van der Waals surface area contributed by atoms with Gasteiger partial charge in [0.2, 0.25) is 15.9 Å². The Labute approximate surface area is 209 Å². The lowest BCUT2D eigenvalue weighted by Crippen LogP contribution is -2.44. The third kappa shape index (κ3) is 5.26. The summed E-state index contributed by atoms with van der Waals surface area (Å²) in [6.45, 7) is 3.05. The van der Waals surface area contributed by atoms with Crippen LogP contribution in [0.4, 0.5) is 26.3 Å². The van der Waals surface area contributed by atoms with Gasteiger partial charge in [0.05, 0.1) is 16.3 Å². The monoisotopic (exact) mass is 546 g/mol. The molecule has 0 aliphatic heterocycles. The summed E-state index contributed by atoms with van der Waals surface area (Å²) >= 11 is 0. The van der Waals surface area contributed by atoms with Crippen molar-refractivity contribution in [3.8, 4) is 11.1 Å². The van der Waals surface area contributed by atoms with Gasteiger partial charge < -0.3 is 0 Å². The van der Waals surface area contributed by atoms with Gasteiger partial charge in [-0.05, 0) is 36.1 Å². The zero-order valence-corrected chi connectivity index (χ0v) is 20.6. The van der Waals surface area contributed by atoms with Gasteiger partial charge in [0.25, 0.3) is 0 Å². The number of carbonyl (C=O) groups is 1. The number of nitrogens with one attached hydrogen (secondary N) is 1. The maximum atomic E-state index is 14.2. The molecule has 1 aliphatic carbocycles. The maximum Gasteiger partial charge on any atom is 0.417 e. The van der Waals surface area contributed by atoms with Gasteiger partial charge in [0, 0.05) is 23.1 Å². The second-order valence-electron chi connectivity index (χ2n) is 9.41. The number of rotatable bonds is 6. The molecule has 0 amide bonds. The number of aromatic nitrogens is 1. The highest BCUT2D eigenvalue weighted by Gasteiger charge is 2.47. The topological polar surface area (TPSA) is 68.2 Å². The number of hydrogen-bond acceptors (Lipinski definition) is 3. The van der Waals surface area contributed by atoms with E-state index < -0.39 is 56.6 Å². The molecule has 0 unspecified atom stereocenters. The standard InChI is InChI=1S/C25H24F6N2O3S/c1-14(2)23(34)33-13-19(22(25(29,30)31)32-37(35,36)16-6-5-7-16)18-11-10-15(12-21(18)33)17-8-3-4-9-20(17)24(26,27)28/h3-4,8-14,16,22,32H,5-7H2,1-2H3/t22-/m0/s1. The van der Waals surface area contributed by atoms with E-state index in [1.54, 1.807) is 4.72 Å². The zero-order chi connectivity index (χ0) is 27.3. The van der Waals surface area contributed by atoms with Crippen LogP contribution in [0.1, 0.15) is 55.1 Å². The van der Waals surface area contributed by atoms with Crippen molar-refractivity contribution in [2.75, 3.05) is 0 Å².